The molecule has 0 aliphatic rings. The molecule has 0 fully saturated rings. The molecular weight excluding hydrogens is 418 g/mol. The summed E-state index contributed by atoms with van der Waals surface area (Å²) in [6, 6.07) is 4.22. The van der Waals surface area contributed by atoms with Gasteiger partial charge in [0.25, 0.3) is 0 Å². The van der Waals surface area contributed by atoms with Crippen molar-refractivity contribution in [3.05, 3.63) is 34.9 Å². The number of ether oxygens (including phenoxy) is 1. The molecule has 7 nitrogen and oxygen atoms in total. The monoisotopic (exact) mass is 461 g/mol. The molecule has 0 spiro atoms. The van der Waals surface area contributed by atoms with Crippen LogP contribution in [0.2, 0.25) is 0 Å². The largest absolute Gasteiger partial charge is 0.444 e. The van der Waals surface area contributed by atoms with E-state index >= 15 is 0 Å². The van der Waals surface area contributed by atoms with Crippen LogP contribution >= 0.6 is 0 Å². The SMILES string of the molecule is CCCCNC(=O)C(c1c(C)cccc1C)N(C)C(=O)C(CC(C)C)NC(=O)OC(C)(C)C. The molecule has 0 saturated carbocycles. The number of amides is 3. The molecule has 186 valence electrons. The number of unbranched alkanes of at least 4 members (excludes halogenated alkanes) is 1. The number of aryl methyl sites for hydroxylation is 2. The van der Waals surface area contributed by atoms with Crippen LogP contribution in [0.3, 0.4) is 0 Å². The van der Waals surface area contributed by atoms with Gasteiger partial charge in [0.2, 0.25) is 11.8 Å². The van der Waals surface area contributed by atoms with E-state index in [1.807, 2.05) is 45.9 Å². The second kappa shape index (κ2) is 12.6. The highest BCUT2D eigenvalue weighted by Crippen LogP contribution is 2.28. The summed E-state index contributed by atoms with van der Waals surface area (Å²) in [5.41, 5.74) is 2.00. The van der Waals surface area contributed by atoms with E-state index in [2.05, 4.69) is 17.6 Å². The van der Waals surface area contributed by atoms with Crippen molar-refractivity contribution in [2.75, 3.05) is 13.6 Å². The van der Waals surface area contributed by atoms with Crippen LogP contribution in [0, 0.1) is 19.8 Å². The van der Waals surface area contributed by atoms with Crippen LogP contribution < -0.4 is 10.6 Å². The molecule has 0 radical (unpaired) electrons. The number of carbonyl (C=O) groups is 3. The fourth-order valence-corrected chi connectivity index (χ4v) is 3.76. The predicted octanol–water partition coefficient (Wildman–Crippen LogP) is 4.66. The third-order valence-corrected chi connectivity index (χ3v) is 5.32. The normalized spacial score (nSPS) is 13.3. The van der Waals surface area contributed by atoms with Crippen molar-refractivity contribution < 1.29 is 19.1 Å². The van der Waals surface area contributed by atoms with Gasteiger partial charge in [0.15, 0.2) is 0 Å². The molecule has 0 aliphatic heterocycles. The molecule has 0 aromatic heterocycles. The third kappa shape index (κ3) is 9.06. The number of likely N-dealkylation sites (N-methyl/N-ethyl adjacent to an activating group) is 1. The quantitative estimate of drug-likeness (QED) is 0.496. The van der Waals surface area contributed by atoms with Crippen LogP contribution in [0.1, 0.15) is 83.5 Å². The zero-order valence-electron chi connectivity index (χ0n) is 21.9. The highest BCUT2D eigenvalue weighted by Gasteiger charge is 2.35. The first-order valence-corrected chi connectivity index (χ1v) is 11.9. The minimum Gasteiger partial charge on any atom is -0.444 e. The van der Waals surface area contributed by atoms with Gasteiger partial charge < -0.3 is 20.3 Å². The van der Waals surface area contributed by atoms with Gasteiger partial charge in [-0.05, 0) is 70.1 Å². The lowest BCUT2D eigenvalue weighted by atomic mass is 9.93. The Morgan fingerprint density at radius 3 is 2.15 bits per heavy atom. The van der Waals surface area contributed by atoms with Gasteiger partial charge in [0.05, 0.1) is 0 Å². The lowest BCUT2D eigenvalue weighted by molar-refractivity contribution is -0.141. The van der Waals surface area contributed by atoms with Crippen molar-refractivity contribution in [1.82, 2.24) is 15.5 Å². The van der Waals surface area contributed by atoms with Gasteiger partial charge in [-0.2, -0.15) is 0 Å². The number of benzene rings is 1. The number of nitrogens with zero attached hydrogens (tertiary/aromatic N) is 1. The maximum Gasteiger partial charge on any atom is 0.408 e. The molecule has 2 N–H and O–H groups in total. The van der Waals surface area contributed by atoms with Crippen molar-refractivity contribution in [2.45, 2.75) is 92.3 Å². The Morgan fingerprint density at radius 1 is 1.09 bits per heavy atom. The molecule has 1 aromatic carbocycles. The lowest BCUT2D eigenvalue weighted by Gasteiger charge is -2.33. The molecule has 0 bridgehead atoms. The van der Waals surface area contributed by atoms with Crippen LogP contribution in [-0.4, -0.2) is 48.0 Å². The average Bonchev–Trinajstić information content (AvgIpc) is 2.67. The summed E-state index contributed by atoms with van der Waals surface area (Å²) in [7, 11) is 1.63. The molecule has 0 aliphatic carbocycles. The van der Waals surface area contributed by atoms with Gasteiger partial charge in [-0.15, -0.1) is 0 Å². The Bertz CT molecular complexity index is 794. The number of hydrogen-bond acceptors (Lipinski definition) is 4. The molecule has 1 aromatic rings. The van der Waals surface area contributed by atoms with Crippen LogP contribution in [0.25, 0.3) is 0 Å². The number of nitrogens with one attached hydrogen (secondary N) is 2. The maximum atomic E-state index is 13.6. The summed E-state index contributed by atoms with van der Waals surface area (Å²) in [6.45, 7) is 15.8. The molecular formula is C26H43N3O4. The van der Waals surface area contributed by atoms with Crippen molar-refractivity contribution in [3.63, 3.8) is 0 Å². The van der Waals surface area contributed by atoms with Crippen LogP contribution in [0.15, 0.2) is 18.2 Å². The molecule has 7 heteroatoms. The van der Waals surface area contributed by atoms with E-state index in [9.17, 15) is 14.4 Å². The molecule has 3 amide bonds. The molecule has 1 rings (SSSR count). The fraction of sp³-hybridized carbons (Fsp3) is 0.654. The fourth-order valence-electron chi connectivity index (χ4n) is 3.76. The van der Waals surface area contributed by atoms with Gasteiger partial charge in [-0.1, -0.05) is 45.4 Å². The summed E-state index contributed by atoms with van der Waals surface area (Å²) in [6.07, 6.45) is 1.60. The van der Waals surface area contributed by atoms with Gasteiger partial charge in [0.1, 0.15) is 17.7 Å². The Labute approximate surface area is 199 Å². The van der Waals surface area contributed by atoms with Crippen LogP contribution in [0.5, 0.6) is 0 Å². The predicted molar refractivity (Wildman–Crippen MR) is 132 cm³/mol. The van der Waals surface area contributed by atoms with E-state index in [-0.39, 0.29) is 17.7 Å². The molecule has 0 saturated heterocycles. The summed E-state index contributed by atoms with van der Waals surface area (Å²) < 4.78 is 5.38. The number of rotatable bonds is 10. The third-order valence-electron chi connectivity index (χ3n) is 5.32. The van der Waals surface area contributed by atoms with Gasteiger partial charge in [0, 0.05) is 13.6 Å². The highest BCUT2D eigenvalue weighted by atomic mass is 16.6. The zero-order valence-corrected chi connectivity index (χ0v) is 21.9. The second-order valence-electron chi connectivity index (χ2n) is 10.1. The smallest absolute Gasteiger partial charge is 0.408 e. The summed E-state index contributed by atoms with van der Waals surface area (Å²) >= 11 is 0. The van der Waals surface area contributed by atoms with E-state index < -0.39 is 23.8 Å². The average molecular weight is 462 g/mol. The Balaban J connectivity index is 3.30. The maximum absolute atomic E-state index is 13.6. The lowest BCUT2D eigenvalue weighted by Crippen LogP contribution is -2.52. The topological polar surface area (TPSA) is 87.7 Å². The van der Waals surface area contributed by atoms with E-state index in [1.165, 1.54) is 4.90 Å². The summed E-state index contributed by atoms with van der Waals surface area (Å²) in [5.74, 6) is -0.399. The van der Waals surface area contributed by atoms with Crippen LogP contribution in [-0.2, 0) is 14.3 Å². The standard InChI is InChI=1S/C26H43N3O4/c1-10-11-15-27-23(30)22(21-18(4)13-12-14-19(21)5)29(9)24(31)20(16-17(2)3)28-25(32)33-26(6,7)8/h12-14,17,20,22H,10-11,15-16H2,1-9H3,(H,27,30)(H,28,32). The van der Waals surface area contributed by atoms with Gasteiger partial charge >= 0.3 is 6.09 Å². The first kappa shape index (κ1) is 28.5. The van der Waals surface area contributed by atoms with Crippen molar-refractivity contribution in [2.24, 2.45) is 5.92 Å². The Kier molecular flexibility index (Phi) is 10.9. The zero-order chi connectivity index (χ0) is 25.3. The molecule has 33 heavy (non-hydrogen) atoms. The highest BCUT2D eigenvalue weighted by molar-refractivity contribution is 5.92. The minimum absolute atomic E-state index is 0.152. The molecule has 0 heterocycles. The Morgan fingerprint density at radius 2 is 1.67 bits per heavy atom. The van der Waals surface area contributed by atoms with E-state index in [0.29, 0.717) is 13.0 Å². The van der Waals surface area contributed by atoms with E-state index in [4.69, 9.17) is 4.74 Å². The molecule has 2 unspecified atom stereocenters. The number of carbonyl (C=O) groups excluding carboxylic acids is 3. The van der Waals surface area contributed by atoms with Crippen LogP contribution in [0.4, 0.5) is 4.79 Å². The van der Waals surface area contributed by atoms with E-state index in [0.717, 1.165) is 29.5 Å². The van der Waals surface area contributed by atoms with Gasteiger partial charge in [-0.3, -0.25) is 9.59 Å². The Hall–Kier alpha value is -2.57. The molecule has 2 atom stereocenters. The second-order valence-corrected chi connectivity index (χ2v) is 10.1. The summed E-state index contributed by atoms with van der Waals surface area (Å²) in [4.78, 5) is 40.8. The number of hydrogen-bond donors (Lipinski definition) is 2. The van der Waals surface area contributed by atoms with Gasteiger partial charge in [-0.25, -0.2) is 4.79 Å². The first-order valence-electron chi connectivity index (χ1n) is 11.9. The van der Waals surface area contributed by atoms with Crippen molar-refractivity contribution in [1.29, 1.82) is 0 Å². The van der Waals surface area contributed by atoms with Crippen molar-refractivity contribution >= 4 is 17.9 Å². The number of alkyl carbamates (subject to hydrolysis) is 1. The van der Waals surface area contributed by atoms with E-state index in [1.54, 1.807) is 27.8 Å². The summed E-state index contributed by atoms with van der Waals surface area (Å²) in [5, 5.41) is 5.71. The minimum atomic E-state index is -0.805. The van der Waals surface area contributed by atoms with Crippen molar-refractivity contribution in [3.8, 4) is 0 Å². The first-order chi connectivity index (χ1) is 15.3.